The van der Waals surface area contributed by atoms with E-state index in [4.69, 9.17) is 0 Å². The monoisotopic (exact) mass is 314 g/mol. The highest BCUT2D eigenvalue weighted by atomic mass is 16.1. The molecule has 3 rings (SSSR count). The van der Waals surface area contributed by atoms with Gasteiger partial charge >= 0.3 is 0 Å². The van der Waals surface area contributed by atoms with E-state index in [2.05, 4.69) is 0 Å². The molecule has 0 amide bonds. The van der Waals surface area contributed by atoms with Gasteiger partial charge in [-0.15, -0.1) is 0 Å². The quantitative estimate of drug-likeness (QED) is 0.557. The number of carbonyl (C=O) groups is 1. The number of Topliss-reactive ketones (excluding diaryl/α,β-unsaturated/α-hetero) is 1. The minimum Gasteiger partial charge on any atom is -0.295 e. The van der Waals surface area contributed by atoms with Crippen LogP contribution in [0.15, 0.2) is 30.3 Å². The fraction of sp³-hybridized carbons (Fsp3) is 0.682. The molecule has 1 nitrogen and oxygen atoms in total. The Labute approximate surface area is 142 Å². The topological polar surface area (TPSA) is 17.1 Å². The number of hydrogen-bond donors (Lipinski definition) is 0. The molecule has 0 radical (unpaired) electrons. The van der Waals surface area contributed by atoms with Gasteiger partial charge in [0.2, 0.25) is 0 Å². The van der Waals surface area contributed by atoms with Crippen LogP contribution in [0, 0.1) is 11.8 Å². The summed E-state index contributed by atoms with van der Waals surface area (Å²) in [4.78, 5) is 10.6. The highest BCUT2D eigenvalue weighted by Crippen LogP contribution is 2.33. The SMILES string of the molecule is C1CCC(CCC2CCCCC2)CC1.CC(=O)c1ccccc1. The van der Waals surface area contributed by atoms with E-state index < -0.39 is 0 Å². The normalized spacial score (nSPS) is 19.7. The minimum atomic E-state index is 0.121. The second-order valence-electron chi connectivity index (χ2n) is 7.51. The van der Waals surface area contributed by atoms with E-state index in [0.29, 0.717) is 0 Å². The van der Waals surface area contributed by atoms with Crippen LogP contribution in [0.25, 0.3) is 0 Å². The molecule has 0 atom stereocenters. The number of rotatable bonds is 4. The van der Waals surface area contributed by atoms with Crippen LogP contribution in [0.4, 0.5) is 0 Å². The standard InChI is InChI=1S/C14H26.C8H8O/c1-3-7-13(8-4-1)11-12-14-9-5-2-6-10-14;1-7(9)8-5-3-2-4-6-8/h13-14H,1-12H2;2-6H,1H3. The smallest absolute Gasteiger partial charge is 0.159 e. The molecule has 2 fully saturated rings. The molecule has 2 aliphatic carbocycles. The lowest BCUT2D eigenvalue weighted by Gasteiger charge is -2.26. The van der Waals surface area contributed by atoms with Crippen LogP contribution in [0.1, 0.15) is 94.3 Å². The third-order valence-corrected chi connectivity index (χ3v) is 5.61. The average molecular weight is 315 g/mol. The molecule has 0 unspecified atom stereocenters. The van der Waals surface area contributed by atoms with E-state index in [1.807, 2.05) is 30.3 Å². The summed E-state index contributed by atoms with van der Waals surface area (Å²) in [5, 5.41) is 0. The summed E-state index contributed by atoms with van der Waals surface area (Å²) in [7, 11) is 0. The zero-order valence-corrected chi connectivity index (χ0v) is 14.9. The van der Waals surface area contributed by atoms with Gasteiger partial charge in [-0.05, 0) is 18.8 Å². The Balaban J connectivity index is 0.000000185. The predicted octanol–water partition coefficient (Wildman–Crippen LogP) is 6.82. The van der Waals surface area contributed by atoms with Crippen molar-refractivity contribution in [3.05, 3.63) is 35.9 Å². The van der Waals surface area contributed by atoms with Gasteiger partial charge in [-0.25, -0.2) is 0 Å². The largest absolute Gasteiger partial charge is 0.295 e. The molecular formula is C22H34O. The highest BCUT2D eigenvalue weighted by Gasteiger charge is 2.17. The molecule has 0 aliphatic heterocycles. The summed E-state index contributed by atoms with van der Waals surface area (Å²) < 4.78 is 0. The Kier molecular flexibility index (Phi) is 8.42. The van der Waals surface area contributed by atoms with Gasteiger partial charge in [0, 0.05) is 5.56 Å². The summed E-state index contributed by atoms with van der Waals surface area (Å²) in [5.41, 5.74) is 0.775. The van der Waals surface area contributed by atoms with Gasteiger partial charge in [0.1, 0.15) is 0 Å². The van der Waals surface area contributed by atoms with Gasteiger partial charge in [0.15, 0.2) is 5.78 Å². The number of hydrogen-bond acceptors (Lipinski definition) is 1. The van der Waals surface area contributed by atoms with Crippen molar-refractivity contribution in [3.8, 4) is 0 Å². The van der Waals surface area contributed by atoms with Gasteiger partial charge in [-0.2, -0.15) is 0 Å². The third kappa shape index (κ3) is 7.33. The predicted molar refractivity (Wildman–Crippen MR) is 98.8 cm³/mol. The first-order chi connectivity index (χ1) is 11.3. The van der Waals surface area contributed by atoms with Crippen LogP contribution < -0.4 is 0 Å². The molecule has 2 saturated carbocycles. The number of benzene rings is 1. The Morgan fingerprint density at radius 1 is 0.783 bits per heavy atom. The molecular weight excluding hydrogens is 280 g/mol. The first-order valence-corrected chi connectivity index (χ1v) is 9.81. The lowest BCUT2D eigenvalue weighted by atomic mass is 9.80. The molecule has 0 bridgehead atoms. The Morgan fingerprint density at radius 2 is 1.22 bits per heavy atom. The molecule has 128 valence electrons. The van der Waals surface area contributed by atoms with E-state index >= 15 is 0 Å². The second-order valence-corrected chi connectivity index (χ2v) is 7.51. The molecule has 23 heavy (non-hydrogen) atoms. The molecule has 0 saturated heterocycles. The van der Waals surface area contributed by atoms with Gasteiger partial charge in [-0.3, -0.25) is 4.79 Å². The molecule has 1 aromatic rings. The van der Waals surface area contributed by atoms with Crippen LogP contribution in [-0.4, -0.2) is 5.78 Å². The van der Waals surface area contributed by atoms with E-state index in [9.17, 15) is 4.79 Å². The molecule has 0 aromatic heterocycles. The fourth-order valence-corrected chi connectivity index (χ4v) is 4.10. The van der Waals surface area contributed by atoms with Gasteiger partial charge in [0.25, 0.3) is 0 Å². The summed E-state index contributed by atoms with van der Waals surface area (Å²) in [6, 6.07) is 9.23. The molecule has 2 aliphatic rings. The minimum absolute atomic E-state index is 0.121. The first-order valence-electron chi connectivity index (χ1n) is 9.81. The van der Waals surface area contributed by atoms with Crippen molar-refractivity contribution in [1.29, 1.82) is 0 Å². The van der Waals surface area contributed by atoms with Crippen molar-refractivity contribution in [2.24, 2.45) is 11.8 Å². The first kappa shape index (κ1) is 18.2. The van der Waals surface area contributed by atoms with Crippen molar-refractivity contribution < 1.29 is 4.79 Å². The van der Waals surface area contributed by atoms with E-state index in [0.717, 1.165) is 17.4 Å². The molecule has 0 N–H and O–H groups in total. The van der Waals surface area contributed by atoms with E-state index in [1.165, 1.54) is 38.5 Å². The summed E-state index contributed by atoms with van der Waals surface area (Å²) >= 11 is 0. The molecule has 0 heterocycles. The van der Waals surface area contributed by atoms with Crippen LogP contribution in [-0.2, 0) is 0 Å². The van der Waals surface area contributed by atoms with E-state index in [1.54, 1.807) is 45.4 Å². The summed E-state index contributed by atoms with van der Waals surface area (Å²) in [6.07, 6.45) is 18.4. The van der Waals surface area contributed by atoms with Crippen LogP contribution in [0.3, 0.4) is 0 Å². The van der Waals surface area contributed by atoms with Crippen molar-refractivity contribution in [2.45, 2.75) is 84.0 Å². The molecule has 1 heteroatoms. The zero-order valence-electron chi connectivity index (χ0n) is 14.9. The lowest BCUT2D eigenvalue weighted by molar-refractivity contribution is 0.101. The van der Waals surface area contributed by atoms with Gasteiger partial charge < -0.3 is 0 Å². The summed E-state index contributed by atoms with van der Waals surface area (Å²) in [6.45, 7) is 1.56. The van der Waals surface area contributed by atoms with Crippen LogP contribution >= 0.6 is 0 Å². The van der Waals surface area contributed by atoms with E-state index in [-0.39, 0.29) is 5.78 Å². The Bertz CT molecular complexity index is 407. The number of ketones is 1. The van der Waals surface area contributed by atoms with Gasteiger partial charge in [-0.1, -0.05) is 107 Å². The van der Waals surface area contributed by atoms with Gasteiger partial charge in [0.05, 0.1) is 0 Å². The third-order valence-electron chi connectivity index (χ3n) is 5.61. The summed E-state index contributed by atoms with van der Waals surface area (Å²) in [5.74, 6) is 2.35. The van der Waals surface area contributed by atoms with Crippen molar-refractivity contribution in [3.63, 3.8) is 0 Å². The Morgan fingerprint density at radius 3 is 1.57 bits per heavy atom. The maximum absolute atomic E-state index is 10.6. The number of carbonyl (C=O) groups excluding carboxylic acids is 1. The van der Waals surface area contributed by atoms with Crippen LogP contribution in [0.2, 0.25) is 0 Å². The average Bonchev–Trinajstić information content (AvgIpc) is 2.63. The lowest BCUT2D eigenvalue weighted by Crippen LogP contribution is -2.11. The fourth-order valence-electron chi connectivity index (χ4n) is 4.10. The highest BCUT2D eigenvalue weighted by molar-refractivity contribution is 5.93. The van der Waals surface area contributed by atoms with Crippen LogP contribution in [0.5, 0.6) is 0 Å². The zero-order chi connectivity index (χ0) is 16.3. The van der Waals surface area contributed by atoms with Crippen molar-refractivity contribution in [1.82, 2.24) is 0 Å². The Hall–Kier alpha value is -1.11. The molecule has 0 spiro atoms. The van der Waals surface area contributed by atoms with Crippen molar-refractivity contribution in [2.75, 3.05) is 0 Å². The molecule has 1 aromatic carbocycles. The van der Waals surface area contributed by atoms with Crippen molar-refractivity contribution >= 4 is 5.78 Å². The maximum Gasteiger partial charge on any atom is 0.159 e. The maximum atomic E-state index is 10.6. The second kappa shape index (κ2) is 10.6.